The summed E-state index contributed by atoms with van der Waals surface area (Å²) in [5.74, 6) is 0.0637. The molecule has 2 unspecified atom stereocenters. The van der Waals surface area contributed by atoms with Crippen LogP contribution in [0.5, 0.6) is 0 Å². The van der Waals surface area contributed by atoms with Gasteiger partial charge in [-0.15, -0.1) is 0 Å². The van der Waals surface area contributed by atoms with Crippen LogP contribution in [0.15, 0.2) is 0 Å². The van der Waals surface area contributed by atoms with Gasteiger partial charge in [0.05, 0.1) is 6.10 Å². The Balaban J connectivity index is 4.16. The Bertz CT molecular complexity index is 171. The van der Waals surface area contributed by atoms with E-state index >= 15 is 0 Å². The first-order valence-corrected chi connectivity index (χ1v) is 5.21. The molecule has 0 saturated heterocycles. The molecule has 15 heavy (non-hydrogen) atoms. The van der Waals surface area contributed by atoms with Crippen LogP contribution in [0.4, 0.5) is 13.2 Å². The molecule has 0 amide bonds. The van der Waals surface area contributed by atoms with Crippen LogP contribution in [-0.4, -0.2) is 31.5 Å². The summed E-state index contributed by atoms with van der Waals surface area (Å²) in [4.78, 5) is 0. The van der Waals surface area contributed by atoms with Crippen LogP contribution in [0.1, 0.15) is 27.7 Å². The third-order valence-electron chi connectivity index (χ3n) is 2.18. The molecule has 0 aromatic heterocycles. The monoisotopic (exact) mass is 227 g/mol. The predicted molar refractivity (Wildman–Crippen MR) is 53.8 cm³/mol. The molecule has 5 heteroatoms. The fourth-order valence-corrected chi connectivity index (χ4v) is 1.07. The Kier molecular flexibility index (Phi) is 6.20. The van der Waals surface area contributed by atoms with E-state index in [1.807, 2.05) is 20.8 Å². The van der Waals surface area contributed by atoms with Crippen molar-refractivity contribution in [3.05, 3.63) is 0 Å². The van der Waals surface area contributed by atoms with Crippen LogP contribution in [0.25, 0.3) is 0 Å². The lowest BCUT2D eigenvalue weighted by Gasteiger charge is -2.26. The Labute approximate surface area is 89.2 Å². The van der Waals surface area contributed by atoms with Crippen LogP contribution in [0.3, 0.4) is 0 Å². The maximum atomic E-state index is 12.2. The lowest BCUT2D eigenvalue weighted by Crippen LogP contribution is -2.40. The van der Waals surface area contributed by atoms with E-state index < -0.39 is 18.4 Å². The standard InChI is InChI=1S/C10H20F3NO/c1-5-14-6-9(7(2)3)15-8(4)10(11,12)13/h7-9,14H,5-6H2,1-4H3. The van der Waals surface area contributed by atoms with E-state index in [-0.39, 0.29) is 5.92 Å². The third kappa shape index (κ3) is 5.99. The molecule has 1 N–H and O–H groups in total. The first-order chi connectivity index (χ1) is 6.79. The maximum absolute atomic E-state index is 12.2. The van der Waals surface area contributed by atoms with E-state index in [1.165, 1.54) is 0 Å². The normalized spacial score (nSPS) is 16.8. The Morgan fingerprint density at radius 3 is 2.07 bits per heavy atom. The van der Waals surface area contributed by atoms with Crippen molar-refractivity contribution in [3.8, 4) is 0 Å². The lowest BCUT2D eigenvalue weighted by atomic mass is 10.1. The van der Waals surface area contributed by atoms with Crippen LogP contribution < -0.4 is 5.32 Å². The summed E-state index contributed by atoms with van der Waals surface area (Å²) < 4.78 is 41.7. The topological polar surface area (TPSA) is 21.3 Å². The second kappa shape index (κ2) is 6.33. The molecule has 0 aliphatic heterocycles. The Morgan fingerprint density at radius 2 is 1.73 bits per heavy atom. The molecular weight excluding hydrogens is 207 g/mol. The molecule has 0 spiro atoms. The van der Waals surface area contributed by atoms with Gasteiger partial charge in [0.1, 0.15) is 0 Å². The molecule has 0 fully saturated rings. The quantitative estimate of drug-likeness (QED) is 0.753. The van der Waals surface area contributed by atoms with Gasteiger partial charge in [-0.2, -0.15) is 13.2 Å². The SMILES string of the molecule is CCNCC(OC(C)C(F)(F)F)C(C)C. The molecule has 0 aromatic rings. The van der Waals surface area contributed by atoms with Gasteiger partial charge >= 0.3 is 6.18 Å². The fraction of sp³-hybridized carbons (Fsp3) is 1.00. The number of rotatable bonds is 6. The number of alkyl halides is 3. The van der Waals surface area contributed by atoms with Crippen molar-refractivity contribution < 1.29 is 17.9 Å². The highest BCUT2D eigenvalue weighted by Crippen LogP contribution is 2.24. The molecule has 0 bridgehead atoms. The zero-order valence-electron chi connectivity index (χ0n) is 9.69. The van der Waals surface area contributed by atoms with Gasteiger partial charge in [0.2, 0.25) is 0 Å². The van der Waals surface area contributed by atoms with E-state index in [9.17, 15) is 13.2 Å². The highest BCUT2D eigenvalue weighted by molar-refractivity contribution is 4.70. The maximum Gasteiger partial charge on any atom is 0.414 e. The molecule has 0 rings (SSSR count). The zero-order chi connectivity index (χ0) is 12.1. The minimum Gasteiger partial charge on any atom is -0.364 e. The summed E-state index contributed by atoms with van der Waals surface area (Å²) in [6, 6.07) is 0. The second-order valence-electron chi connectivity index (χ2n) is 3.91. The minimum absolute atomic E-state index is 0.0637. The Hall–Kier alpha value is -0.290. The highest BCUT2D eigenvalue weighted by Gasteiger charge is 2.38. The van der Waals surface area contributed by atoms with Gasteiger partial charge in [0.25, 0.3) is 0 Å². The van der Waals surface area contributed by atoms with Crippen LogP contribution in [-0.2, 0) is 4.74 Å². The summed E-state index contributed by atoms with van der Waals surface area (Å²) >= 11 is 0. The van der Waals surface area contributed by atoms with Crippen LogP contribution in [0.2, 0.25) is 0 Å². The lowest BCUT2D eigenvalue weighted by molar-refractivity contribution is -0.230. The molecule has 2 atom stereocenters. The molecule has 0 aliphatic carbocycles. The van der Waals surface area contributed by atoms with Crippen molar-refractivity contribution in [1.82, 2.24) is 5.32 Å². The number of halogens is 3. The molecule has 2 nitrogen and oxygen atoms in total. The van der Waals surface area contributed by atoms with E-state index in [0.717, 1.165) is 13.5 Å². The van der Waals surface area contributed by atoms with Crippen LogP contribution in [0, 0.1) is 5.92 Å². The summed E-state index contributed by atoms with van der Waals surface area (Å²) in [7, 11) is 0. The summed E-state index contributed by atoms with van der Waals surface area (Å²) in [6.07, 6.45) is -6.38. The first-order valence-electron chi connectivity index (χ1n) is 5.21. The summed E-state index contributed by atoms with van der Waals surface area (Å²) in [5, 5.41) is 2.99. The summed E-state index contributed by atoms with van der Waals surface area (Å²) in [6.45, 7) is 7.84. The van der Waals surface area contributed by atoms with Gasteiger partial charge in [-0.25, -0.2) is 0 Å². The second-order valence-corrected chi connectivity index (χ2v) is 3.91. The number of hydrogen-bond acceptors (Lipinski definition) is 2. The number of ether oxygens (including phenoxy) is 1. The van der Waals surface area contributed by atoms with E-state index in [0.29, 0.717) is 6.54 Å². The van der Waals surface area contributed by atoms with E-state index in [2.05, 4.69) is 5.32 Å². The van der Waals surface area contributed by atoms with Crippen molar-refractivity contribution in [3.63, 3.8) is 0 Å². The average molecular weight is 227 g/mol. The molecule has 0 aliphatic rings. The number of hydrogen-bond donors (Lipinski definition) is 1. The average Bonchev–Trinajstić information content (AvgIpc) is 2.09. The van der Waals surface area contributed by atoms with Gasteiger partial charge in [-0.1, -0.05) is 20.8 Å². The molecular formula is C10H20F3NO. The van der Waals surface area contributed by atoms with Gasteiger partial charge in [0, 0.05) is 6.54 Å². The highest BCUT2D eigenvalue weighted by atomic mass is 19.4. The molecule has 92 valence electrons. The van der Waals surface area contributed by atoms with Crippen molar-refractivity contribution in [1.29, 1.82) is 0 Å². The first kappa shape index (κ1) is 14.7. The molecule has 0 radical (unpaired) electrons. The smallest absolute Gasteiger partial charge is 0.364 e. The van der Waals surface area contributed by atoms with Gasteiger partial charge < -0.3 is 10.1 Å². The largest absolute Gasteiger partial charge is 0.414 e. The minimum atomic E-state index is -4.28. The zero-order valence-corrected chi connectivity index (χ0v) is 9.69. The predicted octanol–water partition coefficient (Wildman–Crippen LogP) is 2.59. The Morgan fingerprint density at radius 1 is 1.20 bits per heavy atom. The number of likely N-dealkylation sites (N-methyl/N-ethyl adjacent to an activating group) is 1. The fourth-order valence-electron chi connectivity index (χ4n) is 1.07. The van der Waals surface area contributed by atoms with E-state index in [4.69, 9.17) is 4.74 Å². The molecule has 0 heterocycles. The van der Waals surface area contributed by atoms with Crippen LogP contribution >= 0.6 is 0 Å². The van der Waals surface area contributed by atoms with Gasteiger partial charge in [-0.3, -0.25) is 0 Å². The van der Waals surface area contributed by atoms with Crippen molar-refractivity contribution in [2.75, 3.05) is 13.1 Å². The van der Waals surface area contributed by atoms with E-state index in [1.54, 1.807) is 0 Å². The number of nitrogens with one attached hydrogen (secondary N) is 1. The molecule has 0 aromatic carbocycles. The molecule has 0 saturated carbocycles. The summed E-state index contributed by atoms with van der Waals surface area (Å²) in [5.41, 5.74) is 0. The van der Waals surface area contributed by atoms with Crippen molar-refractivity contribution >= 4 is 0 Å². The van der Waals surface area contributed by atoms with Gasteiger partial charge in [0.15, 0.2) is 6.10 Å². The van der Waals surface area contributed by atoms with Crippen molar-refractivity contribution in [2.24, 2.45) is 5.92 Å². The third-order valence-corrected chi connectivity index (χ3v) is 2.18. The van der Waals surface area contributed by atoms with Crippen molar-refractivity contribution in [2.45, 2.75) is 46.1 Å². The van der Waals surface area contributed by atoms with Gasteiger partial charge in [-0.05, 0) is 19.4 Å².